The largest absolute Gasteiger partial charge is 0.457 e. The van der Waals surface area contributed by atoms with Crippen LogP contribution in [0.15, 0.2) is 70.7 Å². The number of hydrogen-bond acceptors (Lipinski definition) is 3. The monoisotopic (exact) mass is 334 g/mol. The zero-order chi connectivity index (χ0) is 16.7. The van der Waals surface area contributed by atoms with Gasteiger partial charge in [0.25, 0.3) is 0 Å². The first-order valence-corrected chi connectivity index (χ1v) is 7.77. The molecule has 0 saturated heterocycles. The Morgan fingerprint density at radius 1 is 0.833 bits per heavy atom. The molecular weight excluding hydrogens is 324 g/mol. The molecule has 0 radical (unpaired) electrons. The molecule has 0 atom stereocenters. The zero-order valence-electron chi connectivity index (χ0n) is 12.5. The van der Waals surface area contributed by atoms with E-state index in [4.69, 9.17) is 16.0 Å². The highest BCUT2D eigenvalue weighted by Gasteiger charge is 2.32. The van der Waals surface area contributed by atoms with E-state index in [1.807, 2.05) is 12.1 Å². The standard InChI is InChI=1S/C20H11ClO3/c21-13-5-3-4-12(10-13)18-9-8-14(24-18)11-17-19(22)15-6-1-2-7-16(15)20(17)23/h1-11H. The van der Waals surface area contributed by atoms with Gasteiger partial charge in [-0.3, -0.25) is 9.59 Å². The lowest BCUT2D eigenvalue weighted by Gasteiger charge is -1.97. The van der Waals surface area contributed by atoms with Crippen LogP contribution in [0, 0.1) is 0 Å². The van der Waals surface area contributed by atoms with E-state index in [2.05, 4.69) is 0 Å². The Bertz CT molecular complexity index is 974. The van der Waals surface area contributed by atoms with E-state index in [1.165, 1.54) is 6.08 Å². The fourth-order valence-electron chi connectivity index (χ4n) is 2.77. The number of allylic oxidation sites excluding steroid dienone is 1. The second-order valence-electron chi connectivity index (χ2n) is 5.47. The second-order valence-corrected chi connectivity index (χ2v) is 5.91. The number of carbonyl (C=O) groups excluding carboxylic acids is 2. The van der Waals surface area contributed by atoms with Crippen LogP contribution in [-0.2, 0) is 0 Å². The minimum atomic E-state index is -0.267. The molecule has 1 aliphatic rings. The maximum Gasteiger partial charge on any atom is 0.197 e. The van der Waals surface area contributed by atoms with Gasteiger partial charge in [-0.25, -0.2) is 0 Å². The number of hydrogen-bond donors (Lipinski definition) is 0. The molecule has 3 aromatic rings. The van der Waals surface area contributed by atoms with Crippen molar-refractivity contribution in [3.05, 3.63) is 88.1 Å². The van der Waals surface area contributed by atoms with Gasteiger partial charge in [-0.15, -0.1) is 0 Å². The molecule has 1 aliphatic carbocycles. The highest BCUT2D eigenvalue weighted by Crippen LogP contribution is 2.30. The minimum Gasteiger partial charge on any atom is -0.457 e. The van der Waals surface area contributed by atoms with Crippen molar-refractivity contribution in [1.82, 2.24) is 0 Å². The van der Waals surface area contributed by atoms with Gasteiger partial charge in [-0.2, -0.15) is 0 Å². The molecule has 1 heterocycles. The topological polar surface area (TPSA) is 47.3 Å². The summed E-state index contributed by atoms with van der Waals surface area (Å²) in [5.74, 6) is 0.543. The van der Waals surface area contributed by atoms with Crippen LogP contribution in [0.3, 0.4) is 0 Å². The van der Waals surface area contributed by atoms with Gasteiger partial charge in [-0.1, -0.05) is 48.0 Å². The van der Waals surface area contributed by atoms with E-state index >= 15 is 0 Å². The molecule has 0 bridgehead atoms. The van der Waals surface area contributed by atoms with Crippen LogP contribution >= 0.6 is 11.6 Å². The van der Waals surface area contributed by atoms with E-state index in [1.54, 1.807) is 48.5 Å². The molecule has 0 amide bonds. The van der Waals surface area contributed by atoms with E-state index in [9.17, 15) is 9.59 Å². The van der Waals surface area contributed by atoms with Crippen LogP contribution in [0.2, 0.25) is 5.02 Å². The molecule has 0 fully saturated rings. The van der Waals surface area contributed by atoms with Crippen LogP contribution in [0.4, 0.5) is 0 Å². The third kappa shape index (κ3) is 2.39. The highest BCUT2D eigenvalue weighted by atomic mass is 35.5. The number of carbonyl (C=O) groups is 2. The predicted octanol–water partition coefficient (Wildman–Crippen LogP) is 5.06. The SMILES string of the molecule is O=C1C(=Cc2ccc(-c3cccc(Cl)c3)o2)C(=O)c2ccccc21. The van der Waals surface area contributed by atoms with E-state index in [0.29, 0.717) is 27.7 Å². The van der Waals surface area contributed by atoms with Crippen LogP contribution in [0.25, 0.3) is 17.4 Å². The van der Waals surface area contributed by atoms with Crippen molar-refractivity contribution >= 4 is 29.2 Å². The third-order valence-electron chi connectivity index (χ3n) is 3.93. The normalized spacial score (nSPS) is 13.3. The maximum absolute atomic E-state index is 12.4. The maximum atomic E-state index is 12.4. The molecule has 0 N–H and O–H groups in total. The summed E-state index contributed by atoms with van der Waals surface area (Å²) in [5, 5.41) is 0.611. The van der Waals surface area contributed by atoms with Crippen LogP contribution in [0.1, 0.15) is 26.5 Å². The lowest BCUT2D eigenvalue weighted by atomic mass is 10.1. The van der Waals surface area contributed by atoms with Gasteiger partial charge in [0.2, 0.25) is 0 Å². The number of rotatable bonds is 2. The van der Waals surface area contributed by atoms with Gasteiger partial charge in [0, 0.05) is 21.7 Å². The Morgan fingerprint density at radius 3 is 2.21 bits per heavy atom. The lowest BCUT2D eigenvalue weighted by Crippen LogP contribution is -1.99. The number of benzene rings is 2. The number of Topliss-reactive ketones (excluding diaryl/α,β-unsaturated/α-hetero) is 2. The number of fused-ring (bicyclic) bond motifs is 1. The summed E-state index contributed by atoms with van der Waals surface area (Å²) in [6.45, 7) is 0. The number of halogens is 1. The molecular formula is C20H11ClO3. The van der Waals surface area contributed by atoms with Crippen LogP contribution < -0.4 is 0 Å². The Morgan fingerprint density at radius 2 is 1.54 bits per heavy atom. The van der Waals surface area contributed by atoms with Crippen molar-refractivity contribution in [2.75, 3.05) is 0 Å². The fourth-order valence-corrected chi connectivity index (χ4v) is 2.96. The summed E-state index contributed by atoms with van der Waals surface area (Å²) in [5.41, 5.74) is 1.84. The van der Waals surface area contributed by atoms with Gasteiger partial charge < -0.3 is 4.42 Å². The fraction of sp³-hybridized carbons (Fsp3) is 0. The summed E-state index contributed by atoms with van der Waals surface area (Å²) >= 11 is 5.99. The average molecular weight is 335 g/mol. The molecule has 0 spiro atoms. The Balaban J connectivity index is 1.71. The third-order valence-corrected chi connectivity index (χ3v) is 4.16. The molecule has 3 nitrogen and oxygen atoms in total. The van der Waals surface area contributed by atoms with E-state index in [0.717, 1.165) is 5.56 Å². The first-order chi connectivity index (χ1) is 11.6. The van der Waals surface area contributed by atoms with Crippen molar-refractivity contribution in [3.63, 3.8) is 0 Å². The van der Waals surface area contributed by atoms with E-state index in [-0.39, 0.29) is 17.1 Å². The smallest absolute Gasteiger partial charge is 0.197 e. The van der Waals surface area contributed by atoms with Crippen LogP contribution in [-0.4, -0.2) is 11.6 Å². The molecule has 4 rings (SSSR count). The molecule has 116 valence electrons. The Hall–Kier alpha value is -2.91. The minimum absolute atomic E-state index is 0.128. The van der Waals surface area contributed by atoms with Crippen LogP contribution in [0.5, 0.6) is 0 Å². The van der Waals surface area contributed by atoms with Gasteiger partial charge in [0.05, 0.1) is 5.57 Å². The quantitative estimate of drug-likeness (QED) is 0.486. The van der Waals surface area contributed by atoms with Gasteiger partial charge in [0.1, 0.15) is 11.5 Å². The summed E-state index contributed by atoms with van der Waals surface area (Å²) < 4.78 is 5.74. The summed E-state index contributed by atoms with van der Waals surface area (Å²) in [4.78, 5) is 24.8. The highest BCUT2D eigenvalue weighted by molar-refractivity contribution is 6.41. The van der Waals surface area contributed by atoms with Gasteiger partial charge in [0.15, 0.2) is 11.6 Å². The number of ketones is 2. The second kappa shape index (κ2) is 5.62. The van der Waals surface area contributed by atoms with Crippen molar-refractivity contribution in [2.45, 2.75) is 0 Å². The molecule has 4 heteroatoms. The summed E-state index contributed by atoms with van der Waals surface area (Å²) in [7, 11) is 0. The van der Waals surface area contributed by atoms with Crippen molar-refractivity contribution in [3.8, 4) is 11.3 Å². The Kier molecular flexibility index (Phi) is 3.44. The predicted molar refractivity (Wildman–Crippen MR) is 92.2 cm³/mol. The van der Waals surface area contributed by atoms with Gasteiger partial charge >= 0.3 is 0 Å². The first-order valence-electron chi connectivity index (χ1n) is 7.39. The lowest BCUT2D eigenvalue weighted by molar-refractivity contribution is 0.0990. The van der Waals surface area contributed by atoms with Crippen molar-refractivity contribution in [1.29, 1.82) is 0 Å². The molecule has 1 aromatic heterocycles. The Labute approximate surface area is 143 Å². The number of furan rings is 1. The summed E-state index contributed by atoms with van der Waals surface area (Å²) in [6, 6.07) is 17.6. The molecule has 24 heavy (non-hydrogen) atoms. The average Bonchev–Trinajstić information content (AvgIpc) is 3.15. The van der Waals surface area contributed by atoms with Crippen molar-refractivity contribution in [2.24, 2.45) is 0 Å². The zero-order valence-corrected chi connectivity index (χ0v) is 13.2. The molecule has 0 unspecified atom stereocenters. The molecule has 2 aromatic carbocycles. The molecule has 0 saturated carbocycles. The van der Waals surface area contributed by atoms with E-state index < -0.39 is 0 Å². The summed E-state index contributed by atoms with van der Waals surface area (Å²) in [6.07, 6.45) is 1.50. The molecule has 0 aliphatic heterocycles. The van der Waals surface area contributed by atoms with Crippen molar-refractivity contribution < 1.29 is 14.0 Å². The first kappa shape index (κ1) is 14.7. The van der Waals surface area contributed by atoms with Gasteiger partial charge in [-0.05, 0) is 30.3 Å².